The van der Waals surface area contributed by atoms with Crippen molar-refractivity contribution in [2.45, 2.75) is 12.7 Å². The molecule has 0 aliphatic carbocycles. The van der Waals surface area contributed by atoms with Crippen LogP contribution in [0.2, 0.25) is 0 Å². The van der Waals surface area contributed by atoms with Crippen molar-refractivity contribution in [2.24, 2.45) is 0 Å². The van der Waals surface area contributed by atoms with Crippen LogP contribution in [0.4, 0.5) is 10.1 Å². The number of benzene rings is 3. The van der Waals surface area contributed by atoms with E-state index in [1.165, 1.54) is 30.0 Å². The van der Waals surface area contributed by atoms with Crippen LogP contribution in [0.25, 0.3) is 17.1 Å². The first-order valence-corrected chi connectivity index (χ1v) is 12.6. The number of rotatable bonds is 9. The van der Waals surface area contributed by atoms with Crippen LogP contribution in [0.1, 0.15) is 22.8 Å². The molecule has 0 unspecified atom stereocenters. The minimum Gasteiger partial charge on any atom is -0.465 e. The molecule has 0 atom stereocenters. The highest BCUT2D eigenvalue weighted by Gasteiger charge is 2.19. The van der Waals surface area contributed by atoms with E-state index in [9.17, 15) is 17.6 Å². The van der Waals surface area contributed by atoms with E-state index >= 15 is 0 Å². The van der Waals surface area contributed by atoms with Crippen LogP contribution < -0.4 is 9.46 Å². The normalized spacial score (nSPS) is 11.2. The fraction of sp³-hybridized carbons (Fsp3) is 0.160. The number of esters is 1. The molecule has 36 heavy (non-hydrogen) atoms. The average Bonchev–Trinajstić information content (AvgIpc) is 3.28. The van der Waals surface area contributed by atoms with Gasteiger partial charge in [0.25, 0.3) is 0 Å². The Morgan fingerprint density at radius 2 is 1.81 bits per heavy atom. The standard InChI is InChI=1S/C25H23FN4O5S/c1-3-35-25-27-23(17-8-6-9-19(26)15-17)30(28-25)21-13-11-20(12-14-21)29-36(32,33)16-18-7-4-5-10-22(18)24(31)34-2/h4-15,29H,3,16H2,1-2H3. The van der Waals surface area contributed by atoms with E-state index in [-0.39, 0.29) is 11.6 Å². The van der Waals surface area contributed by atoms with Crippen molar-refractivity contribution in [3.63, 3.8) is 0 Å². The molecule has 0 spiro atoms. The van der Waals surface area contributed by atoms with E-state index in [1.807, 2.05) is 0 Å². The van der Waals surface area contributed by atoms with Crippen molar-refractivity contribution in [1.29, 1.82) is 0 Å². The van der Waals surface area contributed by atoms with Gasteiger partial charge in [0.2, 0.25) is 10.0 Å². The zero-order chi connectivity index (χ0) is 25.7. The van der Waals surface area contributed by atoms with E-state index in [0.29, 0.717) is 34.9 Å². The van der Waals surface area contributed by atoms with Crippen LogP contribution in [0.3, 0.4) is 0 Å². The molecule has 11 heteroatoms. The third-order valence-corrected chi connectivity index (χ3v) is 6.34. The van der Waals surface area contributed by atoms with E-state index in [4.69, 9.17) is 9.47 Å². The van der Waals surface area contributed by atoms with Crippen molar-refractivity contribution in [3.8, 4) is 23.1 Å². The van der Waals surface area contributed by atoms with Gasteiger partial charge in [-0.1, -0.05) is 30.3 Å². The number of nitrogens with zero attached hydrogens (tertiary/aromatic N) is 3. The van der Waals surface area contributed by atoms with Gasteiger partial charge in [-0.25, -0.2) is 22.3 Å². The number of carbonyl (C=O) groups excluding carboxylic acids is 1. The lowest BCUT2D eigenvalue weighted by Crippen LogP contribution is -2.17. The lowest BCUT2D eigenvalue weighted by atomic mass is 10.1. The van der Waals surface area contributed by atoms with Gasteiger partial charge in [-0.05, 0) is 55.0 Å². The summed E-state index contributed by atoms with van der Waals surface area (Å²) in [5, 5.41) is 4.35. The van der Waals surface area contributed by atoms with Crippen molar-refractivity contribution >= 4 is 21.7 Å². The number of halogens is 1. The number of anilines is 1. The number of aromatic nitrogens is 3. The molecule has 0 bridgehead atoms. The quantitative estimate of drug-likeness (QED) is 0.336. The molecule has 4 aromatic rings. The number of carbonyl (C=O) groups is 1. The first-order valence-electron chi connectivity index (χ1n) is 10.9. The smallest absolute Gasteiger partial charge is 0.338 e. The molecule has 0 amide bonds. The fourth-order valence-electron chi connectivity index (χ4n) is 3.52. The predicted molar refractivity (Wildman–Crippen MR) is 132 cm³/mol. The first kappa shape index (κ1) is 24.9. The van der Waals surface area contributed by atoms with E-state index in [1.54, 1.807) is 61.5 Å². The minimum atomic E-state index is -3.84. The molecule has 1 heterocycles. The number of hydrogen-bond acceptors (Lipinski definition) is 7. The fourth-order valence-corrected chi connectivity index (χ4v) is 4.75. The Morgan fingerprint density at radius 3 is 2.50 bits per heavy atom. The van der Waals surface area contributed by atoms with Gasteiger partial charge in [0.1, 0.15) is 5.82 Å². The van der Waals surface area contributed by atoms with Gasteiger partial charge in [0, 0.05) is 11.3 Å². The van der Waals surface area contributed by atoms with Gasteiger partial charge in [-0.15, -0.1) is 5.10 Å². The Kier molecular flexibility index (Phi) is 7.30. The summed E-state index contributed by atoms with van der Waals surface area (Å²) >= 11 is 0. The molecule has 0 saturated heterocycles. The summed E-state index contributed by atoms with van der Waals surface area (Å²) in [7, 11) is -2.61. The largest absolute Gasteiger partial charge is 0.465 e. The van der Waals surface area contributed by atoms with Gasteiger partial charge in [-0.3, -0.25) is 4.72 Å². The Bertz CT molecular complexity index is 1490. The summed E-state index contributed by atoms with van der Waals surface area (Å²) < 4.78 is 53.6. The molecule has 0 fully saturated rings. The molecule has 0 saturated carbocycles. The molecular weight excluding hydrogens is 487 g/mol. The lowest BCUT2D eigenvalue weighted by Gasteiger charge is -2.12. The van der Waals surface area contributed by atoms with Crippen LogP contribution >= 0.6 is 0 Å². The average molecular weight is 511 g/mol. The second kappa shape index (κ2) is 10.6. The molecule has 9 nitrogen and oxygen atoms in total. The molecule has 1 aromatic heterocycles. The number of methoxy groups -OCH3 is 1. The van der Waals surface area contributed by atoms with Crippen molar-refractivity contribution in [2.75, 3.05) is 18.4 Å². The van der Waals surface area contributed by atoms with Gasteiger partial charge < -0.3 is 9.47 Å². The van der Waals surface area contributed by atoms with Crippen LogP contribution in [0.15, 0.2) is 72.8 Å². The lowest BCUT2D eigenvalue weighted by molar-refractivity contribution is 0.0600. The number of hydrogen-bond donors (Lipinski definition) is 1. The van der Waals surface area contributed by atoms with Gasteiger partial charge in [0.15, 0.2) is 5.82 Å². The number of ether oxygens (including phenoxy) is 2. The Hall–Kier alpha value is -4.25. The maximum absolute atomic E-state index is 13.8. The molecular formula is C25H23FN4O5S. The first-order chi connectivity index (χ1) is 17.3. The molecule has 3 aromatic carbocycles. The maximum Gasteiger partial charge on any atom is 0.338 e. The summed E-state index contributed by atoms with van der Waals surface area (Å²) in [6, 6.07) is 18.8. The maximum atomic E-state index is 13.8. The second-order valence-corrected chi connectivity index (χ2v) is 9.35. The highest BCUT2D eigenvalue weighted by Crippen LogP contribution is 2.25. The predicted octanol–water partition coefficient (Wildman–Crippen LogP) is 4.20. The Balaban J connectivity index is 1.58. The van der Waals surface area contributed by atoms with E-state index in [0.717, 1.165) is 0 Å². The molecule has 186 valence electrons. The highest BCUT2D eigenvalue weighted by atomic mass is 32.2. The summed E-state index contributed by atoms with van der Waals surface area (Å²) in [6.45, 7) is 2.15. The zero-order valence-electron chi connectivity index (χ0n) is 19.5. The number of nitrogens with one attached hydrogen (secondary N) is 1. The topological polar surface area (TPSA) is 112 Å². The van der Waals surface area contributed by atoms with Crippen molar-refractivity contribution in [3.05, 3.63) is 89.7 Å². The number of sulfonamides is 1. The summed E-state index contributed by atoms with van der Waals surface area (Å²) in [4.78, 5) is 16.3. The van der Waals surface area contributed by atoms with Gasteiger partial charge >= 0.3 is 12.0 Å². The summed E-state index contributed by atoms with van der Waals surface area (Å²) in [5.74, 6) is -1.08. The summed E-state index contributed by atoms with van der Waals surface area (Å²) in [5.41, 5.74) is 1.88. The monoisotopic (exact) mass is 510 g/mol. The zero-order valence-corrected chi connectivity index (χ0v) is 20.3. The Labute approximate surface area is 207 Å². The minimum absolute atomic E-state index is 0.130. The Morgan fingerprint density at radius 1 is 1.06 bits per heavy atom. The van der Waals surface area contributed by atoms with Crippen molar-refractivity contribution in [1.82, 2.24) is 14.8 Å². The molecule has 0 aliphatic rings. The molecule has 4 rings (SSSR count). The van der Waals surface area contributed by atoms with E-state index in [2.05, 4.69) is 14.8 Å². The van der Waals surface area contributed by atoms with Crippen LogP contribution in [0, 0.1) is 5.82 Å². The highest BCUT2D eigenvalue weighted by molar-refractivity contribution is 7.91. The van der Waals surface area contributed by atoms with Gasteiger partial charge in [0.05, 0.1) is 30.7 Å². The van der Waals surface area contributed by atoms with Crippen molar-refractivity contribution < 1.29 is 27.1 Å². The molecule has 0 radical (unpaired) electrons. The van der Waals surface area contributed by atoms with E-state index < -0.39 is 27.6 Å². The third kappa shape index (κ3) is 5.69. The van der Waals surface area contributed by atoms with Crippen LogP contribution in [-0.4, -0.2) is 42.9 Å². The van der Waals surface area contributed by atoms with Crippen LogP contribution in [0.5, 0.6) is 6.01 Å². The molecule has 1 N–H and O–H groups in total. The SMILES string of the molecule is CCOc1nc(-c2cccc(F)c2)n(-c2ccc(NS(=O)(=O)Cc3ccccc3C(=O)OC)cc2)n1. The van der Waals surface area contributed by atoms with Gasteiger partial charge in [-0.2, -0.15) is 4.98 Å². The summed E-state index contributed by atoms with van der Waals surface area (Å²) in [6.07, 6.45) is 0. The second-order valence-electron chi connectivity index (χ2n) is 7.63. The third-order valence-electron chi connectivity index (χ3n) is 5.10. The molecule has 0 aliphatic heterocycles. The van der Waals surface area contributed by atoms with Crippen LogP contribution in [-0.2, 0) is 20.5 Å².